The van der Waals surface area contributed by atoms with Gasteiger partial charge >= 0.3 is 0 Å². The minimum Gasteiger partial charge on any atom is -0.491 e. The zero-order valence-electron chi connectivity index (χ0n) is 15.4. The van der Waals surface area contributed by atoms with Crippen LogP contribution >= 0.6 is 0 Å². The summed E-state index contributed by atoms with van der Waals surface area (Å²) in [5, 5.41) is 5.41. The van der Waals surface area contributed by atoms with Crippen LogP contribution in [0.3, 0.4) is 0 Å². The Morgan fingerprint density at radius 3 is 2.58 bits per heavy atom. The molecule has 0 bridgehead atoms. The van der Waals surface area contributed by atoms with Crippen molar-refractivity contribution in [3.8, 4) is 5.75 Å². The highest BCUT2D eigenvalue weighted by Gasteiger charge is 2.14. The summed E-state index contributed by atoms with van der Waals surface area (Å²) in [6, 6.07) is 22.5. The van der Waals surface area contributed by atoms with E-state index in [1.54, 1.807) is 0 Å². The van der Waals surface area contributed by atoms with Crippen LogP contribution in [-0.4, -0.2) is 19.1 Å². The molecule has 0 unspecified atom stereocenters. The van der Waals surface area contributed by atoms with Crippen LogP contribution < -0.4 is 10.1 Å². The molecule has 0 spiro atoms. The van der Waals surface area contributed by atoms with Crippen molar-refractivity contribution in [2.45, 2.75) is 20.3 Å². The normalized spacial score (nSPS) is 11.9. The molecule has 134 valence electrons. The van der Waals surface area contributed by atoms with E-state index in [4.69, 9.17) is 4.74 Å². The Bertz CT molecular complexity index is 883. The first-order valence-electron chi connectivity index (χ1n) is 9.08. The highest BCUT2D eigenvalue weighted by Crippen LogP contribution is 2.21. The zero-order chi connectivity index (χ0) is 18.4. The van der Waals surface area contributed by atoms with Crippen molar-refractivity contribution in [3.63, 3.8) is 0 Å². The number of fused-ring (bicyclic) bond motifs is 1. The Kier molecular flexibility index (Phi) is 5.90. The number of benzene rings is 3. The molecule has 1 atom stereocenters. The summed E-state index contributed by atoms with van der Waals surface area (Å²) in [6.45, 7) is 4.96. The number of hydrogen-bond acceptors (Lipinski definition) is 2. The minimum atomic E-state index is -0.0840. The molecule has 0 aliphatic carbocycles. The van der Waals surface area contributed by atoms with Crippen molar-refractivity contribution < 1.29 is 9.53 Å². The highest BCUT2D eigenvalue weighted by molar-refractivity contribution is 5.86. The summed E-state index contributed by atoms with van der Waals surface area (Å²) in [5.41, 5.74) is 2.31. The monoisotopic (exact) mass is 347 g/mol. The second kappa shape index (κ2) is 8.52. The van der Waals surface area contributed by atoms with Gasteiger partial charge in [-0.15, -0.1) is 0 Å². The molecule has 1 amide bonds. The molecular formula is C23H25NO2. The van der Waals surface area contributed by atoms with Crippen LogP contribution in [0.25, 0.3) is 10.8 Å². The van der Waals surface area contributed by atoms with E-state index in [0.717, 1.165) is 17.7 Å². The molecule has 0 radical (unpaired) electrons. The van der Waals surface area contributed by atoms with Gasteiger partial charge < -0.3 is 10.1 Å². The molecule has 0 heterocycles. The second-order valence-corrected chi connectivity index (χ2v) is 6.65. The summed E-state index contributed by atoms with van der Waals surface area (Å²) < 4.78 is 5.73. The second-order valence-electron chi connectivity index (χ2n) is 6.65. The van der Waals surface area contributed by atoms with Gasteiger partial charge in [0.25, 0.3) is 0 Å². The van der Waals surface area contributed by atoms with Gasteiger partial charge in [-0.05, 0) is 41.3 Å². The molecule has 0 aliphatic heterocycles. The first-order chi connectivity index (χ1) is 12.6. The predicted octanol–water partition coefficient (Wildman–Crippen LogP) is 4.52. The highest BCUT2D eigenvalue weighted by atomic mass is 16.5. The number of ether oxygens (including phenoxy) is 1. The van der Waals surface area contributed by atoms with Gasteiger partial charge in [-0.3, -0.25) is 4.79 Å². The summed E-state index contributed by atoms with van der Waals surface area (Å²) in [7, 11) is 0. The van der Waals surface area contributed by atoms with Gasteiger partial charge in [0.15, 0.2) is 0 Å². The fourth-order valence-electron chi connectivity index (χ4n) is 3.12. The lowest BCUT2D eigenvalue weighted by Crippen LogP contribution is -2.33. The summed E-state index contributed by atoms with van der Waals surface area (Å²) in [6.07, 6.45) is 0.728. The Labute approximate surface area is 155 Å². The van der Waals surface area contributed by atoms with E-state index in [0.29, 0.717) is 13.2 Å². The molecule has 26 heavy (non-hydrogen) atoms. The number of nitrogens with one attached hydrogen (secondary N) is 1. The molecule has 0 fully saturated rings. The van der Waals surface area contributed by atoms with Crippen LogP contribution in [0.15, 0.2) is 66.7 Å². The van der Waals surface area contributed by atoms with Crippen LogP contribution in [-0.2, 0) is 11.2 Å². The maximum absolute atomic E-state index is 12.4. The standard InChI is InChI=1S/C23H25NO2/c1-17-8-3-6-13-22(17)26-15-14-24-23(25)18(2)16-20-11-7-10-19-9-4-5-12-21(19)20/h3-13,18H,14-16H2,1-2H3,(H,24,25)/t18-/m1/s1. The van der Waals surface area contributed by atoms with E-state index < -0.39 is 0 Å². The molecule has 1 N–H and O–H groups in total. The van der Waals surface area contributed by atoms with E-state index >= 15 is 0 Å². The Balaban J connectivity index is 1.51. The average molecular weight is 347 g/mol. The Morgan fingerprint density at radius 2 is 1.73 bits per heavy atom. The van der Waals surface area contributed by atoms with Gasteiger partial charge in [-0.25, -0.2) is 0 Å². The van der Waals surface area contributed by atoms with Crippen LogP contribution in [0.5, 0.6) is 5.75 Å². The lowest BCUT2D eigenvalue weighted by Gasteiger charge is -2.14. The van der Waals surface area contributed by atoms with Crippen LogP contribution in [0, 0.1) is 12.8 Å². The van der Waals surface area contributed by atoms with E-state index in [2.05, 4.69) is 35.6 Å². The van der Waals surface area contributed by atoms with Gasteiger partial charge in [0.2, 0.25) is 5.91 Å². The first-order valence-corrected chi connectivity index (χ1v) is 9.08. The third kappa shape index (κ3) is 4.42. The number of carbonyl (C=O) groups is 1. The molecular weight excluding hydrogens is 322 g/mol. The van der Waals surface area contributed by atoms with Crippen LogP contribution in [0.4, 0.5) is 0 Å². The summed E-state index contributed by atoms with van der Waals surface area (Å²) in [5.74, 6) is 0.844. The Hall–Kier alpha value is -2.81. The minimum absolute atomic E-state index is 0.0614. The van der Waals surface area contributed by atoms with Crippen LogP contribution in [0.1, 0.15) is 18.1 Å². The third-order valence-electron chi connectivity index (χ3n) is 4.61. The molecule has 3 rings (SSSR count). The SMILES string of the molecule is Cc1ccccc1OCCNC(=O)[C@H](C)Cc1cccc2ccccc12. The molecule has 0 aromatic heterocycles. The smallest absolute Gasteiger partial charge is 0.223 e. The van der Waals surface area contributed by atoms with Crippen molar-refractivity contribution in [3.05, 3.63) is 77.9 Å². The molecule has 0 saturated carbocycles. The van der Waals surface area contributed by atoms with Crippen molar-refractivity contribution in [2.75, 3.05) is 13.2 Å². The average Bonchev–Trinajstić information content (AvgIpc) is 2.66. The third-order valence-corrected chi connectivity index (χ3v) is 4.61. The molecule has 3 aromatic rings. The van der Waals surface area contributed by atoms with Crippen molar-refractivity contribution in [2.24, 2.45) is 5.92 Å². The van der Waals surface area contributed by atoms with Gasteiger partial charge in [0.05, 0.1) is 6.54 Å². The maximum Gasteiger partial charge on any atom is 0.223 e. The lowest BCUT2D eigenvalue weighted by molar-refractivity contribution is -0.124. The van der Waals surface area contributed by atoms with Crippen molar-refractivity contribution in [1.82, 2.24) is 5.32 Å². The number of hydrogen-bond donors (Lipinski definition) is 1. The number of rotatable bonds is 7. The van der Waals surface area contributed by atoms with E-state index in [9.17, 15) is 4.79 Å². The quantitative estimate of drug-likeness (QED) is 0.638. The topological polar surface area (TPSA) is 38.3 Å². The maximum atomic E-state index is 12.4. The van der Waals surface area contributed by atoms with Crippen molar-refractivity contribution in [1.29, 1.82) is 0 Å². The largest absolute Gasteiger partial charge is 0.491 e. The van der Waals surface area contributed by atoms with Gasteiger partial charge in [0.1, 0.15) is 12.4 Å². The number of para-hydroxylation sites is 1. The van der Waals surface area contributed by atoms with Gasteiger partial charge in [0, 0.05) is 5.92 Å². The molecule has 0 aliphatic rings. The molecule has 3 nitrogen and oxygen atoms in total. The number of carbonyl (C=O) groups excluding carboxylic acids is 1. The molecule has 3 aromatic carbocycles. The number of amides is 1. The fraction of sp³-hybridized carbons (Fsp3) is 0.261. The number of aryl methyl sites for hydroxylation is 1. The molecule has 0 saturated heterocycles. The lowest BCUT2D eigenvalue weighted by atomic mass is 9.95. The van der Waals surface area contributed by atoms with E-state index in [1.165, 1.54) is 16.3 Å². The first kappa shape index (κ1) is 18.0. The zero-order valence-corrected chi connectivity index (χ0v) is 15.4. The van der Waals surface area contributed by atoms with Gasteiger partial charge in [-0.2, -0.15) is 0 Å². The fourth-order valence-corrected chi connectivity index (χ4v) is 3.12. The summed E-state index contributed by atoms with van der Waals surface area (Å²) >= 11 is 0. The summed E-state index contributed by atoms with van der Waals surface area (Å²) in [4.78, 5) is 12.4. The van der Waals surface area contributed by atoms with Crippen molar-refractivity contribution >= 4 is 16.7 Å². The Morgan fingerprint density at radius 1 is 1.00 bits per heavy atom. The van der Waals surface area contributed by atoms with Crippen LogP contribution in [0.2, 0.25) is 0 Å². The molecule has 3 heteroatoms. The van der Waals surface area contributed by atoms with E-state index in [-0.39, 0.29) is 11.8 Å². The van der Waals surface area contributed by atoms with Gasteiger partial charge in [-0.1, -0.05) is 67.6 Å². The van der Waals surface area contributed by atoms with E-state index in [1.807, 2.05) is 50.2 Å². The predicted molar refractivity (Wildman–Crippen MR) is 106 cm³/mol.